The number of hydrogen-bond donors (Lipinski definition) is 4. The van der Waals surface area contributed by atoms with Gasteiger partial charge in [-0.1, -0.05) is 25.0 Å². The molecule has 0 spiro atoms. The highest BCUT2D eigenvalue weighted by Gasteiger charge is 2.42. The van der Waals surface area contributed by atoms with Gasteiger partial charge in [0.1, 0.15) is 23.7 Å². The third kappa shape index (κ3) is 8.68. The van der Waals surface area contributed by atoms with Gasteiger partial charge in [-0.3, -0.25) is 9.59 Å². The Morgan fingerprint density at radius 1 is 1.12 bits per heavy atom. The predicted octanol–water partition coefficient (Wildman–Crippen LogP) is 1.71. The van der Waals surface area contributed by atoms with Gasteiger partial charge in [0.15, 0.2) is 0 Å². The summed E-state index contributed by atoms with van der Waals surface area (Å²) < 4.78 is 5.30. The van der Waals surface area contributed by atoms with E-state index >= 15 is 0 Å². The van der Waals surface area contributed by atoms with Crippen molar-refractivity contribution in [2.75, 3.05) is 6.54 Å². The molecule has 1 fully saturated rings. The van der Waals surface area contributed by atoms with Gasteiger partial charge in [-0.25, -0.2) is 9.59 Å². The number of carboxylic acids is 1. The molecule has 0 saturated carbocycles. The summed E-state index contributed by atoms with van der Waals surface area (Å²) in [5.74, 6) is -2.27. The highest BCUT2D eigenvalue weighted by molar-refractivity contribution is 5.93. The van der Waals surface area contributed by atoms with Crippen LogP contribution in [0.5, 0.6) is 0 Å². The van der Waals surface area contributed by atoms with Crippen LogP contribution in [-0.4, -0.2) is 75.4 Å². The van der Waals surface area contributed by atoms with E-state index in [2.05, 4.69) is 10.6 Å². The Bertz CT molecular complexity index is 747. The number of hydrogen-bond acceptors (Lipinski definition) is 6. The predicted molar refractivity (Wildman–Crippen MR) is 120 cm³/mol. The van der Waals surface area contributed by atoms with Crippen LogP contribution >= 0.6 is 0 Å². The average Bonchev–Trinajstić information content (AvgIpc) is 3.09. The standard InChI is InChI=1S/C23H37N3O7/c1-23(2,3)33-22(32)25-16-11-9-7-5-4-6-8-10-12-17(21(30)31)24-19(28)18-13-15(27)14-26(18)20(16)29/h6,8,15-18,27H,4-5,7,9-14H2,1-3H3,(H,24,28)(H,25,32)(H,30,31). The summed E-state index contributed by atoms with van der Waals surface area (Å²) in [5.41, 5.74) is -0.740. The molecule has 2 aliphatic heterocycles. The summed E-state index contributed by atoms with van der Waals surface area (Å²) in [4.78, 5) is 51.5. The van der Waals surface area contributed by atoms with Crippen molar-refractivity contribution in [2.45, 2.75) is 102 Å². The Morgan fingerprint density at radius 3 is 2.48 bits per heavy atom. The highest BCUT2D eigenvalue weighted by Crippen LogP contribution is 2.22. The Hall–Kier alpha value is -2.62. The average molecular weight is 468 g/mol. The number of carbonyl (C=O) groups excluding carboxylic acids is 3. The molecule has 10 nitrogen and oxygen atoms in total. The molecule has 0 bridgehead atoms. The van der Waals surface area contributed by atoms with Crippen molar-refractivity contribution < 1.29 is 34.1 Å². The summed E-state index contributed by atoms with van der Waals surface area (Å²) in [5, 5.41) is 24.8. The Kier molecular flexibility index (Phi) is 9.70. The molecule has 4 N–H and O–H groups in total. The lowest BCUT2D eigenvalue weighted by atomic mass is 10.0. The summed E-state index contributed by atoms with van der Waals surface area (Å²) >= 11 is 0. The van der Waals surface area contributed by atoms with E-state index in [1.54, 1.807) is 20.8 Å². The maximum atomic E-state index is 13.4. The molecular weight excluding hydrogens is 430 g/mol. The zero-order valence-corrected chi connectivity index (χ0v) is 19.7. The van der Waals surface area contributed by atoms with Crippen LogP contribution in [0.4, 0.5) is 4.79 Å². The summed E-state index contributed by atoms with van der Waals surface area (Å²) in [7, 11) is 0. The van der Waals surface area contributed by atoms with E-state index in [-0.39, 0.29) is 19.4 Å². The number of alkyl carbamates (subject to hydrolysis) is 1. The summed E-state index contributed by atoms with van der Waals surface area (Å²) in [6.07, 6.45) is 6.60. The van der Waals surface area contributed by atoms with Gasteiger partial charge >= 0.3 is 12.1 Å². The number of allylic oxidation sites excluding steroid dienone is 2. The van der Waals surface area contributed by atoms with Gasteiger partial charge < -0.3 is 30.5 Å². The van der Waals surface area contributed by atoms with E-state index in [9.17, 15) is 29.4 Å². The van der Waals surface area contributed by atoms with E-state index in [4.69, 9.17) is 4.74 Å². The number of ether oxygens (including phenoxy) is 1. The monoisotopic (exact) mass is 467 g/mol. The largest absolute Gasteiger partial charge is 0.480 e. The minimum absolute atomic E-state index is 0.00295. The number of aliphatic hydroxyl groups is 1. The van der Waals surface area contributed by atoms with E-state index in [0.717, 1.165) is 19.3 Å². The Morgan fingerprint density at radius 2 is 1.82 bits per heavy atom. The van der Waals surface area contributed by atoms with Crippen LogP contribution in [0.15, 0.2) is 12.2 Å². The molecule has 33 heavy (non-hydrogen) atoms. The van der Waals surface area contributed by atoms with Crippen LogP contribution < -0.4 is 10.6 Å². The second kappa shape index (κ2) is 12.0. The van der Waals surface area contributed by atoms with Crippen LogP contribution in [0.25, 0.3) is 0 Å². The molecule has 4 atom stereocenters. The molecule has 2 aliphatic rings. The molecule has 3 amide bonds. The molecule has 4 unspecified atom stereocenters. The maximum absolute atomic E-state index is 13.4. The zero-order chi connectivity index (χ0) is 24.6. The van der Waals surface area contributed by atoms with Crippen molar-refractivity contribution in [1.29, 1.82) is 0 Å². The number of aliphatic carboxylic acids is 1. The van der Waals surface area contributed by atoms with Crippen molar-refractivity contribution in [3.05, 3.63) is 12.2 Å². The van der Waals surface area contributed by atoms with Gasteiger partial charge in [0, 0.05) is 13.0 Å². The van der Waals surface area contributed by atoms with Gasteiger partial charge in [-0.2, -0.15) is 0 Å². The topological polar surface area (TPSA) is 145 Å². The maximum Gasteiger partial charge on any atom is 0.408 e. The van der Waals surface area contributed by atoms with E-state index in [1.807, 2.05) is 12.2 Å². The lowest BCUT2D eigenvalue weighted by molar-refractivity contribution is -0.144. The SMILES string of the molecule is CC(C)(C)OC(=O)NC1CCCCCC=CCCC(C(=O)O)NC(=O)C2CC(O)CN2C1=O. The minimum Gasteiger partial charge on any atom is -0.480 e. The minimum atomic E-state index is -1.15. The number of nitrogens with one attached hydrogen (secondary N) is 2. The van der Waals surface area contributed by atoms with Gasteiger partial charge in [0.05, 0.1) is 6.10 Å². The van der Waals surface area contributed by atoms with Crippen molar-refractivity contribution in [2.24, 2.45) is 0 Å². The van der Waals surface area contributed by atoms with Crippen molar-refractivity contribution >= 4 is 23.9 Å². The fourth-order valence-electron chi connectivity index (χ4n) is 4.02. The third-order valence-corrected chi connectivity index (χ3v) is 5.62. The normalized spacial score (nSPS) is 28.1. The first-order chi connectivity index (χ1) is 15.5. The number of carboxylic acid groups (broad SMARTS) is 1. The molecule has 186 valence electrons. The first kappa shape index (κ1) is 26.6. The van der Waals surface area contributed by atoms with Crippen LogP contribution in [0.1, 0.15) is 72.1 Å². The van der Waals surface area contributed by atoms with Gasteiger partial charge in [-0.15, -0.1) is 0 Å². The molecule has 10 heteroatoms. The number of nitrogens with zero attached hydrogens (tertiary/aromatic N) is 1. The summed E-state index contributed by atoms with van der Waals surface area (Å²) in [6, 6.07) is -3.03. The van der Waals surface area contributed by atoms with E-state index in [1.165, 1.54) is 4.90 Å². The number of rotatable bonds is 2. The first-order valence-electron chi connectivity index (χ1n) is 11.6. The molecule has 0 aromatic rings. The molecule has 1 saturated heterocycles. The van der Waals surface area contributed by atoms with E-state index in [0.29, 0.717) is 19.3 Å². The molecule has 0 aromatic heterocycles. The number of fused-ring (bicyclic) bond motifs is 1. The molecule has 0 aliphatic carbocycles. The van der Waals surface area contributed by atoms with Crippen LogP contribution in [-0.2, 0) is 19.1 Å². The molecule has 2 rings (SSSR count). The van der Waals surface area contributed by atoms with Crippen LogP contribution in [0.3, 0.4) is 0 Å². The van der Waals surface area contributed by atoms with Gasteiger partial charge in [0.25, 0.3) is 0 Å². The lowest BCUT2D eigenvalue weighted by Crippen LogP contribution is -2.55. The van der Waals surface area contributed by atoms with Crippen molar-refractivity contribution in [3.8, 4) is 0 Å². The molecule has 2 heterocycles. The first-order valence-corrected chi connectivity index (χ1v) is 11.6. The van der Waals surface area contributed by atoms with Gasteiger partial charge in [-0.05, 0) is 52.9 Å². The highest BCUT2D eigenvalue weighted by atomic mass is 16.6. The Labute approximate surface area is 194 Å². The fourth-order valence-corrected chi connectivity index (χ4v) is 4.02. The van der Waals surface area contributed by atoms with Crippen LogP contribution in [0, 0.1) is 0 Å². The lowest BCUT2D eigenvalue weighted by Gasteiger charge is -2.30. The third-order valence-electron chi connectivity index (χ3n) is 5.62. The Balaban J connectivity index is 2.25. The summed E-state index contributed by atoms with van der Waals surface area (Å²) in [6.45, 7) is 5.09. The smallest absolute Gasteiger partial charge is 0.408 e. The molecular formula is C23H37N3O7. The second-order valence-corrected chi connectivity index (χ2v) is 9.68. The molecule has 0 aromatic carbocycles. The number of amides is 3. The number of aliphatic hydroxyl groups excluding tert-OH is 1. The zero-order valence-electron chi connectivity index (χ0n) is 19.7. The van der Waals surface area contributed by atoms with Gasteiger partial charge in [0.2, 0.25) is 11.8 Å². The quantitative estimate of drug-likeness (QED) is 0.452. The fraction of sp³-hybridized carbons (Fsp3) is 0.739. The van der Waals surface area contributed by atoms with Crippen molar-refractivity contribution in [1.82, 2.24) is 15.5 Å². The van der Waals surface area contributed by atoms with E-state index < -0.39 is 53.7 Å². The number of carbonyl (C=O) groups is 4. The van der Waals surface area contributed by atoms with Crippen molar-refractivity contribution in [3.63, 3.8) is 0 Å². The van der Waals surface area contributed by atoms with Crippen LogP contribution in [0.2, 0.25) is 0 Å². The second-order valence-electron chi connectivity index (χ2n) is 9.68. The molecule has 0 radical (unpaired) electrons.